The van der Waals surface area contributed by atoms with E-state index in [1.54, 1.807) is 24.3 Å². The molecular weight excluding hydrogens is 408 g/mol. The van der Waals surface area contributed by atoms with Gasteiger partial charge >= 0.3 is 5.92 Å². The number of halogens is 2. The van der Waals surface area contributed by atoms with Gasteiger partial charge in [0.1, 0.15) is 0 Å². The highest BCUT2D eigenvalue weighted by molar-refractivity contribution is 6.05. The molecule has 4 rings (SSSR count). The highest BCUT2D eigenvalue weighted by Gasteiger charge is 2.49. The van der Waals surface area contributed by atoms with Crippen LogP contribution in [0.25, 0.3) is 0 Å². The van der Waals surface area contributed by atoms with Crippen molar-refractivity contribution in [2.45, 2.75) is 63.3 Å². The van der Waals surface area contributed by atoms with Crippen LogP contribution in [0.4, 0.5) is 8.78 Å². The second-order valence-corrected chi connectivity index (χ2v) is 8.37. The normalized spacial score (nSPS) is 22.6. The van der Waals surface area contributed by atoms with Crippen LogP contribution in [0.1, 0.15) is 73.3 Å². The summed E-state index contributed by atoms with van der Waals surface area (Å²) in [7, 11) is 0. The number of hydrazine groups is 1. The summed E-state index contributed by atoms with van der Waals surface area (Å²) >= 11 is 0. The van der Waals surface area contributed by atoms with Gasteiger partial charge in [-0.1, -0.05) is 37.5 Å². The lowest BCUT2D eigenvalue weighted by Gasteiger charge is -2.37. The maximum absolute atomic E-state index is 14.7. The van der Waals surface area contributed by atoms with Crippen molar-refractivity contribution in [2.24, 2.45) is 5.92 Å². The number of alkyl halides is 2. The predicted molar refractivity (Wildman–Crippen MR) is 106 cm³/mol. The van der Waals surface area contributed by atoms with Crippen LogP contribution in [0.5, 0.6) is 0 Å². The van der Waals surface area contributed by atoms with Gasteiger partial charge in [0.05, 0.1) is 6.04 Å². The molecule has 1 aromatic rings. The quantitative estimate of drug-likeness (QED) is 0.724. The molecule has 1 atom stereocenters. The molecule has 0 spiro atoms. The van der Waals surface area contributed by atoms with Crippen molar-refractivity contribution in [1.29, 1.82) is 0 Å². The molecule has 0 aromatic heterocycles. The van der Waals surface area contributed by atoms with Gasteiger partial charge in [0.15, 0.2) is 0 Å². The van der Waals surface area contributed by atoms with E-state index in [0.717, 1.165) is 16.4 Å². The number of piperidine rings is 1. The minimum atomic E-state index is -3.51. The van der Waals surface area contributed by atoms with Crippen LogP contribution in [0.3, 0.4) is 0 Å². The van der Waals surface area contributed by atoms with Crippen LogP contribution in [-0.2, 0) is 14.4 Å². The molecule has 9 heteroatoms. The number of hydrogen-bond acceptors (Lipinski definition) is 4. The highest BCUT2D eigenvalue weighted by Crippen LogP contribution is 2.38. The van der Waals surface area contributed by atoms with Crippen molar-refractivity contribution < 1.29 is 28.0 Å². The number of nitrogens with zero attached hydrogens (tertiary/aromatic N) is 2. The Morgan fingerprint density at radius 1 is 1.00 bits per heavy atom. The van der Waals surface area contributed by atoms with Gasteiger partial charge in [0.25, 0.3) is 11.8 Å². The molecule has 4 amide bonds. The van der Waals surface area contributed by atoms with Crippen molar-refractivity contribution in [3.05, 3.63) is 35.4 Å². The number of rotatable bonds is 5. The van der Waals surface area contributed by atoms with Gasteiger partial charge in [-0.05, 0) is 30.9 Å². The summed E-state index contributed by atoms with van der Waals surface area (Å²) in [6.07, 6.45) is 3.47. The number of benzene rings is 1. The maximum atomic E-state index is 14.7. The Bertz CT molecular complexity index is 898. The molecule has 1 saturated carbocycles. The van der Waals surface area contributed by atoms with Crippen molar-refractivity contribution in [3.8, 4) is 0 Å². The number of fused-ring (bicyclic) bond motifs is 1. The van der Waals surface area contributed by atoms with Crippen LogP contribution in [0.15, 0.2) is 24.3 Å². The molecule has 2 heterocycles. The van der Waals surface area contributed by atoms with Gasteiger partial charge in [0.2, 0.25) is 11.8 Å². The number of carbonyl (C=O) groups excluding carboxylic acids is 4. The third-order valence-electron chi connectivity index (χ3n) is 6.40. The first-order valence-electron chi connectivity index (χ1n) is 10.8. The van der Waals surface area contributed by atoms with Crippen LogP contribution < -0.4 is 5.32 Å². The molecule has 0 bridgehead atoms. The Morgan fingerprint density at radius 3 is 2.32 bits per heavy atom. The summed E-state index contributed by atoms with van der Waals surface area (Å²) in [6.45, 7) is -0.318. The predicted octanol–water partition coefficient (Wildman–Crippen LogP) is 2.97. The van der Waals surface area contributed by atoms with Gasteiger partial charge in [0, 0.05) is 30.9 Å². The minimum absolute atomic E-state index is 0.116. The van der Waals surface area contributed by atoms with Crippen molar-refractivity contribution in [3.63, 3.8) is 0 Å². The van der Waals surface area contributed by atoms with Crippen LogP contribution >= 0.6 is 0 Å². The zero-order valence-electron chi connectivity index (χ0n) is 17.1. The summed E-state index contributed by atoms with van der Waals surface area (Å²) in [5.74, 6) is -7.47. The molecule has 1 aromatic carbocycles. The lowest BCUT2D eigenvalue weighted by atomic mass is 9.84. The molecule has 2 aliphatic heterocycles. The van der Waals surface area contributed by atoms with Crippen molar-refractivity contribution in [1.82, 2.24) is 15.3 Å². The van der Waals surface area contributed by atoms with Gasteiger partial charge in [-0.25, -0.2) is 5.01 Å². The van der Waals surface area contributed by atoms with E-state index in [2.05, 4.69) is 5.32 Å². The Balaban J connectivity index is 1.57. The van der Waals surface area contributed by atoms with Gasteiger partial charge in [-0.15, -0.1) is 0 Å². The lowest BCUT2D eigenvalue weighted by molar-refractivity contribution is -0.166. The van der Waals surface area contributed by atoms with Crippen LogP contribution in [0.2, 0.25) is 0 Å². The zero-order chi connectivity index (χ0) is 22.2. The monoisotopic (exact) mass is 433 g/mol. The van der Waals surface area contributed by atoms with E-state index < -0.39 is 41.5 Å². The average molecular weight is 433 g/mol. The first-order valence-corrected chi connectivity index (χ1v) is 10.8. The van der Waals surface area contributed by atoms with E-state index in [4.69, 9.17) is 0 Å². The van der Waals surface area contributed by atoms with Gasteiger partial charge < -0.3 is 5.32 Å². The first-order chi connectivity index (χ1) is 14.8. The summed E-state index contributed by atoms with van der Waals surface area (Å²) in [5.41, 5.74) is 0.770. The van der Waals surface area contributed by atoms with E-state index >= 15 is 0 Å². The molecule has 2 fully saturated rings. The zero-order valence-corrected chi connectivity index (χ0v) is 17.1. The van der Waals surface area contributed by atoms with Crippen molar-refractivity contribution in [2.75, 3.05) is 6.54 Å². The van der Waals surface area contributed by atoms with Crippen LogP contribution in [-0.4, -0.2) is 46.1 Å². The fraction of sp³-hybridized carbons (Fsp3) is 0.545. The van der Waals surface area contributed by atoms with Gasteiger partial charge in [-0.2, -0.15) is 13.8 Å². The third-order valence-corrected chi connectivity index (χ3v) is 6.40. The Morgan fingerprint density at radius 2 is 1.65 bits per heavy atom. The first kappa shape index (κ1) is 21.4. The van der Waals surface area contributed by atoms with Crippen molar-refractivity contribution >= 4 is 23.6 Å². The summed E-state index contributed by atoms with van der Waals surface area (Å²) in [5, 5.41) is 4.13. The molecule has 1 N–H and O–H groups in total. The molecule has 31 heavy (non-hydrogen) atoms. The Hall–Kier alpha value is -2.84. The largest absolute Gasteiger partial charge is 0.348 e. The molecule has 1 aliphatic carbocycles. The number of imide groups is 1. The second-order valence-electron chi connectivity index (χ2n) is 8.37. The fourth-order valence-corrected chi connectivity index (χ4v) is 4.75. The number of hydrogen-bond donors (Lipinski definition) is 1. The van der Waals surface area contributed by atoms with E-state index in [1.165, 1.54) is 0 Å². The Kier molecular flexibility index (Phi) is 5.77. The lowest BCUT2D eigenvalue weighted by Crippen LogP contribution is -2.55. The summed E-state index contributed by atoms with van der Waals surface area (Å²) < 4.78 is 29.4. The number of nitrogens with one attached hydrogen (secondary N) is 1. The SMILES string of the molecule is O=C1CCCC(=O)N1N1C(=O)c2ccccc2C1CNC(=O)C(F)(F)C1CCCCC1. The van der Waals surface area contributed by atoms with E-state index in [-0.39, 0.29) is 24.9 Å². The molecule has 1 saturated heterocycles. The third kappa shape index (κ3) is 3.81. The number of carbonyl (C=O) groups is 4. The van der Waals surface area contributed by atoms with E-state index in [0.29, 0.717) is 37.7 Å². The number of amides is 4. The average Bonchev–Trinajstić information content (AvgIpc) is 3.04. The molecule has 1 unspecified atom stereocenters. The fourth-order valence-electron chi connectivity index (χ4n) is 4.75. The topological polar surface area (TPSA) is 86.8 Å². The van der Waals surface area contributed by atoms with E-state index in [9.17, 15) is 28.0 Å². The van der Waals surface area contributed by atoms with Gasteiger partial charge in [-0.3, -0.25) is 19.2 Å². The Labute approximate surface area is 178 Å². The molecule has 3 aliphatic rings. The minimum Gasteiger partial charge on any atom is -0.348 e. The smallest absolute Gasteiger partial charge is 0.327 e. The standard InChI is InChI=1S/C22H25F2N3O4/c23-22(24,14-7-2-1-3-8-14)21(31)25-13-17-15-9-4-5-10-16(15)20(30)26(17)27-18(28)11-6-12-19(27)29/h4-5,9-10,14,17H,1-3,6-8,11-13H2,(H,25,31). The van der Waals surface area contributed by atoms with E-state index in [1.807, 2.05) is 0 Å². The second kappa shape index (κ2) is 8.36. The molecule has 166 valence electrons. The molecule has 7 nitrogen and oxygen atoms in total. The molecular formula is C22H25F2N3O4. The maximum Gasteiger partial charge on any atom is 0.327 e. The summed E-state index contributed by atoms with van der Waals surface area (Å²) in [4.78, 5) is 50.3. The van der Waals surface area contributed by atoms with Crippen LogP contribution in [0, 0.1) is 5.92 Å². The highest BCUT2D eigenvalue weighted by atomic mass is 19.3. The molecule has 0 radical (unpaired) electrons. The summed E-state index contributed by atoms with van der Waals surface area (Å²) in [6, 6.07) is 5.61.